The van der Waals surface area contributed by atoms with Gasteiger partial charge in [-0.15, -0.1) is 15.3 Å². The van der Waals surface area contributed by atoms with Crippen LogP contribution in [0.3, 0.4) is 0 Å². The normalized spacial score (nSPS) is 9.67. The van der Waals surface area contributed by atoms with E-state index in [1.165, 1.54) is 12.4 Å². The Labute approximate surface area is 67.7 Å². The van der Waals surface area contributed by atoms with E-state index in [-0.39, 0.29) is 0 Å². The van der Waals surface area contributed by atoms with Gasteiger partial charge in [-0.2, -0.15) is 5.10 Å². The third-order valence-corrected chi connectivity index (χ3v) is 1.21. The van der Waals surface area contributed by atoms with E-state index >= 15 is 0 Å². The molecule has 0 aliphatic heterocycles. The molecule has 2 rings (SSSR count). The van der Waals surface area contributed by atoms with Crippen LogP contribution in [0.2, 0.25) is 0 Å². The monoisotopic (exact) mass is 160 g/mol. The molecule has 0 saturated carbocycles. The van der Waals surface area contributed by atoms with Crippen LogP contribution in [0.4, 0.5) is 0 Å². The van der Waals surface area contributed by atoms with Crippen molar-refractivity contribution in [2.45, 2.75) is 0 Å². The highest BCUT2D eigenvalue weighted by molar-refractivity contribution is 5.45. The van der Waals surface area contributed by atoms with Crippen LogP contribution in [0.25, 0.3) is 11.5 Å². The summed E-state index contributed by atoms with van der Waals surface area (Å²) in [6, 6.07) is 1.67. The Balaban J connectivity index is 2.46. The topological polar surface area (TPSA) is 77.3 Å². The minimum absolute atomic E-state index is 0.451. The van der Waals surface area contributed by atoms with E-state index < -0.39 is 0 Å². The maximum absolute atomic E-state index is 3.95. The first-order valence-corrected chi connectivity index (χ1v) is 3.25. The molecular weight excluding hydrogens is 156 g/mol. The third-order valence-electron chi connectivity index (χ3n) is 1.21. The first kappa shape index (κ1) is 6.71. The molecule has 0 amide bonds. The SMILES string of the molecule is c1cc(-c2nccnn2)nnn1. The van der Waals surface area contributed by atoms with Gasteiger partial charge in [-0.25, -0.2) is 4.98 Å². The molecule has 2 heterocycles. The van der Waals surface area contributed by atoms with Gasteiger partial charge >= 0.3 is 0 Å². The van der Waals surface area contributed by atoms with Crippen LogP contribution in [-0.4, -0.2) is 30.6 Å². The largest absolute Gasteiger partial charge is 0.232 e. The Kier molecular flexibility index (Phi) is 1.65. The van der Waals surface area contributed by atoms with Gasteiger partial charge < -0.3 is 0 Å². The highest BCUT2D eigenvalue weighted by Gasteiger charge is 2.00. The average Bonchev–Trinajstić information content (AvgIpc) is 2.21. The predicted molar refractivity (Wildman–Crippen MR) is 38.6 cm³/mol. The molecular formula is C6H4N6. The zero-order valence-electron chi connectivity index (χ0n) is 5.99. The van der Waals surface area contributed by atoms with E-state index in [0.717, 1.165) is 0 Å². The maximum Gasteiger partial charge on any atom is 0.202 e. The predicted octanol–water partition coefficient (Wildman–Crippen LogP) is -0.276. The van der Waals surface area contributed by atoms with Crippen molar-refractivity contribution < 1.29 is 0 Å². The summed E-state index contributed by atoms with van der Waals surface area (Å²) in [4.78, 5) is 3.95. The van der Waals surface area contributed by atoms with Crippen molar-refractivity contribution in [1.29, 1.82) is 0 Å². The Morgan fingerprint density at radius 2 is 1.92 bits per heavy atom. The molecule has 0 bridgehead atoms. The minimum Gasteiger partial charge on any atom is -0.232 e. The molecule has 0 aliphatic carbocycles. The van der Waals surface area contributed by atoms with Crippen molar-refractivity contribution in [3.8, 4) is 11.5 Å². The fourth-order valence-corrected chi connectivity index (χ4v) is 0.725. The van der Waals surface area contributed by atoms with Crippen molar-refractivity contribution in [2.24, 2.45) is 0 Å². The second-order valence-electron chi connectivity index (χ2n) is 1.97. The standard InChI is InChI=1S/C6H4N6/c1-2-9-12-10-5(1)6-7-3-4-8-11-6/h1-4H. The lowest BCUT2D eigenvalue weighted by molar-refractivity contribution is 0.855. The first-order chi connectivity index (χ1) is 5.97. The van der Waals surface area contributed by atoms with Crippen LogP contribution in [0.1, 0.15) is 0 Å². The minimum atomic E-state index is 0.451. The summed E-state index contributed by atoms with van der Waals surface area (Å²) in [6.07, 6.45) is 4.57. The summed E-state index contributed by atoms with van der Waals surface area (Å²) in [5.74, 6) is 0.451. The Hall–Kier alpha value is -1.98. The molecule has 0 fully saturated rings. The van der Waals surface area contributed by atoms with Gasteiger partial charge in [-0.1, -0.05) is 0 Å². The number of hydrogen-bond donors (Lipinski definition) is 0. The number of nitrogens with zero attached hydrogens (tertiary/aromatic N) is 6. The summed E-state index contributed by atoms with van der Waals surface area (Å²) < 4.78 is 0. The lowest BCUT2D eigenvalue weighted by Gasteiger charge is -1.92. The molecule has 12 heavy (non-hydrogen) atoms. The summed E-state index contributed by atoms with van der Waals surface area (Å²) in [5, 5.41) is 18.1. The Morgan fingerprint density at radius 1 is 0.917 bits per heavy atom. The van der Waals surface area contributed by atoms with E-state index in [1.54, 1.807) is 12.3 Å². The molecule has 6 heteroatoms. The number of rotatable bonds is 1. The Bertz CT molecular complexity index is 309. The van der Waals surface area contributed by atoms with E-state index in [0.29, 0.717) is 11.5 Å². The fourth-order valence-electron chi connectivity index (χ4n) is 0.725. The van der Waals surface area contributed by atoms with E-state index in [1.807, 2.05) is 0 Å². The van der Waals surface area contributed by atoms with Crippen LogP contribution in [0.15, 0.2) is 24.7 Å². The molecule has 0 N–H and O–H groups in total. The van der Waals surface area contributed by atoms with Crippen LogP contribution in [0.5, 0.6) is 0 Å². The second-order valence-corrected chi connectivity index (χ2v) is 1.97. The first-order valence-electron chi connectivity index (χ1n) is 3.25. The summed E-state index contributed by atoms with van der Waals surface area (Å²) in [7, 11) is 0. The van der Waals surface area contributed by atoms with Crippen LogP contribution >= 0.6 is 0 Å². The van der Waals surface area contributed by atoms with Crippen LogP contribution < -0.4 is 0 Å². The zero-order valence-corrected chi connectivity index (χ0v) is 5.99. The third kappa shape index (κ3) is 1.22. The molecule has 0 saturated heterocycles. The molecule has 0 unspecified atom stereocenters. The molecule has 0 spiro atoms. The zero-order chi connectivity index (χ0) is 8.23. The van der Waals surface area contributed by atoms with Gasteiger partial charge in [-0.3, -0.25) is 0 Å². The molecule has 0 radical (unpaired) electrons. The molecule has 58 valence electrons. The summed E-state index contributed by atoms with van der Waals surface area (Å²) in [5.41, 5.74) is 0.568. The average molecular weight is 160 g/mol. The van der Waals surface area contributed by atoms with Crippen molar-refractivity contribution in [3.63, 3.8) is 0 Å². The lowest BCUT2D eigenvalue weighted by atomic mass is 10.4. The summed E-state index contributed by atoms with van der Waals surface area (Å²) >= 11 is 0. The van der Waals surface area contributed by atoms with Crippen molar-refractivity contribution in [2.75, 3.05) is 0 Å². The van der Waals surface area contributed by atoms with Gasteiger partial charge in [0, 0.05) is 6.20 Å². The van der Waals surface area contributed by atoms with Gasteiger partial charge in [0.15, 0.2) is 0 Å². The van der Waals surface area contributed by atoms with Gasteiger partial charge in [0.25, 0.3) is 0 Å². The smallest absolute Gasteiger partial charge is 0.202 e. The fraction of sp³-hybridized carbons (Fsp3) is 0. The number of hydrogen-bond acceptors (Lipinski definition) is 6. The van der Waals surface area contributed by atoms with Gasteiger partial charge in [0.2, 0.25) is 5.82 Å². The summed E-state index contributed by atoms with van der Waals surface area (Å²) in [6.45, 7) is 0. The van der Waals surface area contributed by atoms with Crippen molar-refractivity contribution >= 4 is 0 Å². The Morgan fingerprint density at radius 3 is 2.58 bits per heavy atom. The van der Waals surface area contributed by atoms with E-state index in [4.69, 9.17) is 0 Å². The van der Waals surface area contributed by atoms with E-state index in [9.17, 15) is 0 Å². The maximum atomic E-state index is 3.95. The van der Waals surface area contributed by atoms with Gasteiger partial charge in [0.1, 0.15) is 5.69 Å². The molecule has 0 aromatic carbocycles. The van der Waals surface area contributed by atoms with Crippen LogP contribution in [-0.2, 0) is 0 Å². The second kappa shape index (κ2) is 2.95. The van der Waals surface area contributed by atoms with Crippen molar-refractivity contribution in [1.82, 2.24) is 30.6 Å². The van der Waals surface area contributed by atoms with Gasteiger partial charge in [0.05, 0.1) is 12.4 Å². The van der Waals surface area contributed by atoms with E-state index in [2.05, 4.69) is 30.6 Å². The lowest BCUT2D eigenvalue weighted by Crippen LogP contribution is -1.94. The molecule has 6 nitrogen and oxygen atoms in total. The van der Waals surface area contributed by atoms with Crippen LogP contribution in [0, 0.1) is 0 Å². The molecule has 2 aromatic rings. The highest BCUT2D eigenvalue weighted by atomic mass is 15.3. The molecule has 0 atom stereocenters. The number of aromatic nitrogens is 6. The highest BCUT2D eigenvalue weighted by Crippen LogP contribution is 2.04. The van der Waals surface area contributed by atoms with Gasteiger partial charge in [-0.05, 0) is 11.3 Å². The molecule has 0 aliphatic rings. The quantitative estimate of drug-likeness (QED) is 0.571. The van der Waals surface area contributed by atoms with Crippen molar-refractivity contribution in [3.05, 3.63) is 24.7 Å². The molecule has 2 aromatic heterocycles.